The molecule has 1 aliphatic heterocycles. The largest absolute Gasteiger partial charge is 0.512 e. The van der Waals surface area contributed by atoms with E-state index in [-0.39, 0.29) is 43.5 Å². The maximum atomic E-state index is 11.7. The third-order valence-electron chi connectivity index (χ3n) is 8.82. The SMILES string of the molecule is CCC(CC)C(=O)/C=C(\O)C(CC)CC.Cc1[c-]c(C2=Nc3cccc4c(C5CCCC5)ccc2c34)cc(C)c1.[Ir]. The minimum absolute atomic E-state index is 0. The summed E-state index contributed by atoms with van der Waals surface area (Å²) in [5.74, 6) is 1.27. The molecule has 0 atom stereocenters. The number of hydrogen-bond donors (Lipinski definition) is 1. The summed E-state index contributed by atoms with van der Waals surface area (Å²) in [6.45, 7) is 12.3. The van der Waals surface area contributed by atoms with E-state index in [4.69, 9.17) is 4.99 Å². The molecular weight excluding hydrogens is 683 g/mol. The Morgan fingerprint density at radius 3 is 2.24 bits per heavy atom. The van der Waals surface area contributed by atoms with Crippen molar-refractivity contribution in [3.8, 4) is 0 Å². The monoisotopic (exact) mass is 729 g/mol. The van der Waals surface area contributed by atoms with Gasteiger partial charge in [0.05, 0.1) is 11.4 Å². The maximum absolute atomic E-state index is 11.7. The fraction of sp³-hybridized carbons (Fsp3) is 0.459. The summed E-state index contributed by atoms with van der Waals surface area (Å²) in [6, 6.07) is 19.2. The van der Waals surface area contributed by atoms with E-state index in [1.807, 2.05) is 27.7 Å². The molecule has 3 aromatic carbocycles. The summed E-state index contributed by atoms with van der Waals surface area (Å²) < 4.78 is 0. The summed E-state index contributed by atoms with van der Waals surface area (Å²) in [7, 11) is 0. The Kier molecular flexibility index (Phi) is 12.1. The van der Waals surface area contributed by atoms with Crippen molar-refractivity contribution >= 4 is 28.0 Å². The number of nitrogens with zero attached hydrogens (tertiary/aromatic N) is 1. The molecule has 1 heterocycles. The summed E-state index contributed by atoms with van der Waals surface area (Å²) in [5.41, 5.74) is 8.55. The second-order valence-corrected chi connectivity index (χ2v) is 11.6. The van der Waals surface area contributed by atoms with Crippen LogP contribution in [0.25, 0.3) is 10.8 Å². The number of carbonyl (C=O) groups is 1. The molecule has 0 spiro atoms. The molecule has 1 saturated carbocycles. The van der Waals surface area contributed by atoms with Crippen LogP contribution in [0.15, 0.2) is 59.3 Å². The van der Waals surface area contributed by atoms with Gasteiger partial charge < -0.3 is 5.11 Å². The first kappa shape index (κ1) is 33.0. The minimum atomic E-state index is 0. The molecule has 5 rings (SSSR count). The molecule has 0 bridgehead atoms. The summed E-state index contributed by atoms with van der Waals surface area (Å²) >= 11 is 0. The number of aliphatic hydroxyl groups is 1. The van der Waals surface area contributed by atoms with Gasteiger partial charge in [-0.25, -0.2) is 0 Å². The van der Waals surface area contributed by atoms with Crippen LogP contribution in [0.2, 0.25) is 0 Å². The molecule has 1 N–H and O–H groups in total. The zero-order valence-corrected chi connectivity index (χ0v) is 28.0. The van der Waals surface area contributed by atoms with Crippen LogP contribution in [0.3, 0.4) is 0 Å². The van der Waals surface area contributed by atoms with Gasteiger partial charge in [0.1, 0.15) is 0 Å². The molecule has 0 saturated heterocycles. The number of aliphatic imine (C=N–C) groups is 1. The first-order valence-corrected chi connectivity index (χ1v) is 15.4. The maximum Gasteiger partial charge on any atom is 0.162 e. The predicted octanol–water partition coefficient (Wildman–Crippen LogP) is 10.3. The molecule has 0 unspecified atom stereocenters. The quantitative estimate of drug-likeness (QED) is 0.106. The predicted molar refractivity (Wildman–Crippen MR) is 169 cm³/mol. The minimum Gasteiger partial charge on any atom is -0.512 e. The Morgan fingerprint density at radius 1 is 0.976 bits per heavy atom. The van der Waals surface area contributed by atoms with E-state index in [9.17, 15) is 9.90 Å². The van der Waals surface area contributed by atoms with E-state index in [1.54, 1.807) is 0 Å². The Bertz CT molecular complexity index is 1390. The molecule has 4 heteroatoms. The van der Waals surface area contributed by atoms with Gasteiger partial charge in [0.25, 0.3) is 0 Å². The number of hydrogen-bond acceptors (Lipinski definition) is 3. The van der Waals surface area contributed by atoms with Crippen molar-refractivity contribution in [2.45, 2.75) is 98.8 Å². The fourth-order valence-corrected chi connectivity index (χ4v) is 6.48. The average molecular weight is 729 g/mol. The van der Waals surface area contributed by atoms with Crippen molar-refractivity contribution in [1.82, 2.24) is 0 Å². The van der Waals surface area contributed by atoms with E-state index >= 15 is 0 Å². The molecule has 3 nitrogen and oxygen atoms in total. The van der Waals surface area contributed by atoms with Crippen molar-refractivity contribution in [3.05, 3.63) is 88.2 Å². The number of aryl methyl sites for hydroxylation is 2. The Labute approximate surface area is 260 Å². The Balaban J connectivity index is 0.000000253. The van der Waals surface area contributed by atoms with Crippen molar-refractivity contribution < 1.29 is 30.0 Å². The Morgan fingerprint density at radius 2 is 1.63 bits per heavy atom. The zero-order chi connectivity index (χ0) is 28.8. The van der Waals surface area contributed by atoms with E-state index in [0.717, 1.165) is 48.6 Å². The van der Waals surface area contributed by atoms with Crippen molar-refractivity contribution in [2.75, 3.05) is 0 Å². The van der Waals surface area contributed by atoms with Crippen LogP contribution < -0.4 is 0 Å². The molecule has 1 fully saturated rings. The molecule has 1 aliphatic carbocycles. The second-order valence-electron chi connectivity index (χ2n) is 11.6. The number of rotatable bonds is 9. The number of ketones is 1. The smallest absolute Gasteiger partial charge is 0.162 e. The molecule has 1 radical (unpaired) electrons. The number of carbonyl (C=O) groups excluding carboxylic acids is 1. The van der Waals surface area contributed by atoms with Gasteiger partial charge in [-0.3, -0.25) is 9.79 Å². The van der Waals surface area contributed by atoms with Crippen LogP contribution in [0.1, 0.15) is 113 Å². The standard InChI is InChI=1S/C24H22N.C13H24O2.Ir/c1-15-12-16(2)14-18(13-15)24-21-11-10-19(17-6-3-4-7-17)20-8-5-9-22(25-24)23(20)21;1-5-10(6-2)12(14)9-13(15)11(7-3)8-4;/h5,8-13,17H,3-4,6-7H2,1-2H3;9-11,14H,5-8H2,1-4H3;/q-1;;/b;12-9-;. The topological polar surface area (TPSA) is 49.7 Å². The van der Waals surface area contributed by atoms with Crippen molar-refractivity contribution in [2.24, 2.45) is 16.8 Å². The van der Waals surface area contributed by atoms with Crippen LogP contribution in [-0.2, 0) is 24.9 Å². The van der Waals surface area contributed by atoms with Crippen LogP contribution in [0, 0.1) is 31.7 Å². The van der Waals surface area contributed by atoms with E-state index in [2.05, 4.69) is 62.4 Å². The van der Waals surface area contributed by atoms with Gasteiger partial charge in [-0.2, -0.15) is 0 Å². The second kappa shape index (κ2) is 15.1. The zero-order valence-electron chi connectivity index (χ0n) is 25.6. The molecule has 3 aromatic rings. The molecule has 0 aromatic heterocycles. The summed E-state index contributed by atoms with van der Waals surface area (Å²) in [4.78, 5) is 16.7. The van der Waals surface area contributed by atoms with Crippen molar-refractivity contribution in [3.63, 3.8) is 0 Å². The first-order chi connectivity index (χ1) is 19.3. The van der Waals surface area contributed by atoms with Gasteiger partial charge in [0.2, 0.25) is 0 Å². The summed E-state index contributed by atoms with van der Waals surface area (Å²) in [6.07, 6.45) is 10.3. The van der Waals surface area contributed by atoms with Gasteiger partial charge in [0, 0.05) is 43.4 Å². The van der Waals surface area contributed by atoms with E-state index in [1.165, 1.54) is 64.8 Å². The van der Waals surface area contributed by atoms with Gasteiger partial charge in [-0.15, -0.1) is 34.9 Å². The van der Waals surface area contributed by atoms with Crippen LogP contribution in [0.5, 0.6) is 0 Å². The molecular formula is C37H46IrNO2-. The first-order valence-electron chi connectivity index (χ1n) is 15.4. The molecule has 41 heavy (non-hydrogen) atoms. The van der Waals surface area contributed by atoms with E-state index in [0.29, 0.717) is 0 Å². The molecule has 0 amide bonds. The fourth-order valence-electron chi connectivity index (χ4n) is 6.48. The summed E-state index contributed by atoms with van der Waals surface area (Å²) in [5, 5.41) is 12.5. The van der Waals surface area contributed by atoms with Gasteiger partial charge in [-0.1, -0.05) is 78.6 Å². The number of benzene rings is 3. The average Bonchev–Trinajstić information content (AvgIpc) is 3.60. The van der Waals surface area contributed by atoms with Crippen LogP contribution in [0.4, 0.5) is 5.69 Å². The van der Waals surface area contributed by atoms with Gasteiger partial charge in [0.15, 0.2) is 5.78 Å². The van der Waals surface area contributed by atoms with Crippen LogP contribution >= 0.6 is 0 Å². The normalized spacial score (nSPS) is 14.7. The number of aliphatic hydroxyl groups excluding tert-OH is 1. The molecule has 2 aliphatic rings. The third kappa shape index (κ3) is 7.46. The van der Waals surface area contributed by atoms with Gasteiger partial charge in [-0.05, 0) is 72.7 Å². The van der Waals surface area contributed by atoms with Crippen molar-refractivity contribution in [1.29, 1.82) is 0 Å². The number of allylic oxidation sites excluding steroid dienone is 2. The van der Waals surface area contributed by atoms with E-state index < -0.39 is 0 Å². The van der Waals surface area contributed by atoms with Gasteiger partial charge >= 0.3 is 0 Å². The molecule has 221 valence electrons. The Hall–Kier alpha value is -2.55. The van der Waals surface area contributed by atoms with Crippen LogP contribution in [-0.4, -0.2) is 16.6 Å². The third-order valence-corrected chi connectivity index (χ3v) is 8.82.